The summed E-state index contributed by atoms with van der Waals surface area (Å²) in [4.78, 5) is 29.4. The summed E-state index contributed by atoms with van der Waals surface area (Å²) in [5.74, 6) is -0.327. The van der Waals surface area contributed by atoms with Crippen LogP contribution in [0.1, 0.15) is 12.6 Å². The van der Waals surface area contributed by atoms with E-state index in [1.54, 1.807) is 31.3 Å². The maximum Gasteiger partial charge on any atom is 0.325 e. The summed E-state index contributed by atoms with van der Waals surface area (Å²) in [6, 6.07) is 4.81. The van der Waals surface area contributed by atoms with Crippen LogP contribution in [0.5, 0.6) is 0 Å². The quantitative estimate of drug-likeness (QED) is 0.865. The molecule has 0 aliphatic carbocycles. The van der Waals surface area contributed by atoms with E-state index in [0.717, 1.165) is 4.90 Å². The Morgan fingerprint density at radius 2 is 2.28 bits per heavy atom. The van der Waals surface area contributed by atoms with Gasteiger partial charge in [0.15, 0.2) is 5.54 Å². The number of hydrogen-bond donors (Lipinski definition) is 1. The fraction of sp³-hybridized carbons (Fsp3) is 0.250. The first-order valence-electron chi connectivity index (χ1n) is 5.34. The topological polar surface area (TPSA) is 62.3 Å². The monoisotopic (exact) mass is 309 g/mol. The first kappa shape index (κ1) is 12.8. The van der Waals surface area contributed by atoms with Crippen molar-refractivity contribution in [2.75, 3.05) is 6.54 Å². The van der Waals surface area contributed by atoms with E-state index in [4.69, 9.17) is 0 Å². The van der Waals surface area contributed by atoms with E-state index in [1.165, 1.54) is 0 Å². The lowest BCUT2D eigenvalue weighted by molar-refractivity contribution is -0.130. The van der Waals surface area contributed by atoms with Crippen LogP contribution in [0.4, 0.5) is 4.79 Å². The summed E-state index contributed by atoms with van der Waals surface area (Å²) >= 11 is 3.15. The van der Waals surface area contributed by atoms with Crippen LogP contribution < -0.4 is 5.32 Å². The summed E-state index contributed by atoms with van der Waals surface area (Å²) in [6.07, 6.45) is 1.59. The average Bonchev–Trinajstić information content (AvgIpc) is 2.55. The molecule has 0 aromatic carbocycles. The minimum absolute atomic E-state index is 0.146. The van der Waals surface area contributed by atoms with E-state index < -0.39 is 11.6 Å². The molecule has 0 radical (unpaired) electrons. The highest BCUT2D eigenvalue weighted by atomic mass is 79.9. The van der Waals surface area contributed by atoms with E-state index >= 15 is 0 Å². The van der Waals surface area contributed by atoms with E-state index in [2.05, 4.69) is 32.8 Å². The van der Waals surface area contributed by atoms with Crippen molar-refractivity contribution in [3.8, 4) is 0 Å². The number of nitrogens with one attached hydrogen (secondary N) is 1. The van der Waals surface area contributed by atoms with Gasteiger partial charge in [-0.15, -0.1) is 0 Å². The predicted octanol–water partition coefficient (Wildman–Crippen LogP) is 1.76. The third-order valence-electron chi connectivity index (χ3n) is 2.78. The van der Waals surface area contributed by atoms with Crippen LogP contribution in [0.2, 0.25) is 0 Å². The van der Waals surface area contributed by atoms with Crippen molar-refractivity contribution < 1.29 is 9.59 Å². The number of carbonyl (C=O) groups excluding carboxylic acids is 2. The number of pyridine rings is 1. The zero-order valence-corrected chi connectivity index (χ0v) is 11.4. The molecule has 1 aliphatic heterocycles. The largest absolute Gasteiger partial charge is 0.325 e. The lowest BCUT2D eigenvalue weighted by Crippen LogP contribution is -2.41. The number of halogens is 1. The Hall–Kier alpha value is -1.69. The van der Waals surface area contributed by atoms with Crippen LogP contribution in [0.25, 0.3) is 0 Å². The molecule has 2 heterocycles. The van der Waals surface area contributed by atoms with Crippen LogP contribution in [-0.2, 0) is 10.3 Å². The van der Waals surface area contributed by atoms with E-state index in [0.29, 0.717) is 10.2 Å². The lowest BCUT2D eigenvalue weighted by atomic mass is 9.97. The summed E-state index contributed by atoms with van der Waals surface area (Å²) in [7, 11) is 0. The fourth-order valence-electron chi connectivity index (χ4n) is 1.84. The molecular formula is C12H12BrN3O2. The van der Waals surface area contributed by atoms with E-state index in [-0.39, 0.29) is 12.5 Å². The van der Waals surface area contributed by atoms with Gasteiger partial charge in [-0.05, 0) is 19.1 Å². The van der Waals surface area contributed by atoms with Gasteiger partial charge in [0.2, 0.25) is 0 Å². The van der Waals surface area contributed by atoms with Gasteiger partial charge in [-0.25, -0.2) is 4.79 Å². The molecule has 1 saturated heterocycles. The van der Waals surface area contributed by atoms with Gasteiger partial charge in [0.05, 0.1) is 12.2 Å². The van der Waals surface area contributed by atoms with Gasteiger partial charge in [-0.3, -0.25) is 14.7 Å². The molecule has 0 saturated carbocycles. The van der Waals surface area contributed by atoms with E-state index in [9.17, 15) is 9.59 Å². The van der Waals surface area contributed by atoms with Crippen molar-refractivity contribution in [3.05, 3.63) is 41.2 Å². The second-order valence-corrected chi connectivity index (χ2v) is 5.30. The molecule has 1 fully saturated rings. The molecule has 18 heavy (non-hydrogen) atoms. The van der Waals surface area contributed by atoms with Crippen LogP contribution >= 0.6 is 15.9 Å². The highest BCUT2D eigenvalue weighted by Gasteiger charge is 2.49. The number of amides is 3. The zero-order valence-electron chi connectivity index (χ0n) is 9.81. The number of nitrogens with zero attached hydrogens (tertiary/aromatic N) is 2. The molecule has 1 aliphatic rings. The van der Waals surface area contributed by atoms with Gasteiger partial charge >= 0.3 is 6.03 Å². The van der Waals surface area contributed by atoms with Crippen LogP contribution in [0, 0.1) is 0 Å². The molecule has 1 aromatic rings. The molecule has 0 bridgehead atoms. The number of urea groups is 1. The Bertz CT molecular complexity index is 517. The van der Waals surface area contributed by atoms with Crippen molar-refractivity contribution in [1.82, 2.24) is 15.2 Å². The number of aromatic nitrogens is 1. The Balaban J connectivity index is 2.35. The Kier molecular flexibility index (Phi) is 3.21. The van der Waals surface area contributed by atoms with Gasteiger partial charge in [-0.1, -0.05) is 28.6 Å². The van der Waals surface area contributed by atoms with Crippen molar-refractivity contribution in [2.24, 2.45) is 0 Å². The molecule has 2 rings (SSSR count). The first-order valence-corrected chi connectivity index (χ1v) is 6.13. The smallest absolute Gasteiger partial charge is 0.318 e. The highest BCUT2D eigenvalue weighted by molar-refractivity contribution is 9.11. The zero-order chi connectivity index (χ0) is 13.3. The van der Waals surface area contributed by atoms with Crippen molar-refractivity contribution in [3.63, 3.8) is 0 Å². The number of hydrogen-bond acceptors (Lipinski definition) is 3. The van der Waals surface area contributed by atoms with Crippen LogP contribution in [0.3, 0.4) is 0 Å². The minimum atomic E-state index is -1.11. The van der Waals surface area contributed by atoms with Crippen molar-refractivity contribution in [1.29, 1.82) is 0 Å². The molecule has 94 valence electrons. The molecule has 1 aromatic heterocycles. The van der Waals surface area contributed by atoms with Crippen molar-refractivity contribution >= 4 is 27.9 Å². The van der Waals surface area contributed by atoms with Gasteiger partial charge in [-0.2, -0.15) is 0 Å². The number of imide groups is 1. The summed E-state index contributed by atoms with van der Waals surface area (Å²) < 4.78 is 0.566. The van der Waals surface area contributed by atoms with Gasteiger partial charge in [0.1, 0.15) is 0 Å². The normalized spacial score (nSPS) is 23.1. The minimum Gasteiger partial charge on any atom is -0.318 e. The highest BCUT2D eigenvalue weighted by Crippen LogP contribution is 2.27. The maximum absolute atomic E-state index is 12.3. The summed E-state index contributed by atoms with van der Waals surface area (Å²) in [5.41, 5.74) is -0.591. The Morgan fingerprint density at radius 1 is 1.56 bits per heavy atom. The Morgan fingerprint density at radius 3 is 2.83 bits per heavy atom. The summed E-state index contributed by atoms with van der Waals surface area (Å²) in [5, 5.41) is 2.66. The van der Waals surface area contributed by atoms with Gasteiger partial charge in [0.25, 0.3) is 5.91 Å². The molecule has 3 amide bonds. The van der Waals surface area contributed by atoms with E-state index in [1.807, 2.05) is 0 Å². The van der Waals surface area contributed by atoms with Gasteiger partial charge < -0.3 is 5.32 Å². The van der Waals surface area contributed by atoms with Crippen molar-refractivity contribution in [2.45, 2.75) is 12.5 Å². The fourth-order valence-corrected chi connectivity index (χ4v) is 2.10. The lowest BCUT2D eigenvalue weighted by Gasteiger charge is -2.20. The molecule has 0 spiro atoms. The van der Waals surface area contributed by atoms with Gasteiger partial charge in [0, 0.05) is 10.7 Å². The molecule has 1 atom stereocenters. The molecule has 0 unspecified atom stereocenters. The molecule has 6 heteroatoms. The molecular weight excluding hydrogens is 298 g/mol. The standard InChI is InChI=1S/C12H12BrN3O2/c1-8(13)7-16-10(17)12(2,15-11(16)18)9-5-3-4-6-14-9/h3-6H,1,7H2,2H3,(H,15,18)/t12-/m0/s1. The first-order chi connectivity index (χ1) is 8.45. The maximum atomic E-state index is 12.3. The third-order valence-corrected chi connectivity index (χ3v) is 3.03. The average molecular weight is 310 g/mol. The third kappa shape index (κ3) is 2.03. The number of rotatable bonds is 3. The Labute approximate surface area is 113 Å². The predicted molar refractivity (Wildman–Crippen MR) is 69.9 cm³/mol. The second-order valence-electron chi connectivity index (χ2n) is 4.18. The van der Waals surface area contributed by atoms with Crippen LogP contribution in [0.15, 0.2) is 35.5 Å². The summed E-state index contributed by atoms with van der Waals surface area (Å²) in [6.45, 7) is 5.43. The number of carbonyl (C=O) groups is 2. The SMILES string of the molecule is C=C(Br)CN1C(=O)N[C@@](C)(c2ccccn2)C1=O. The molecule has 5 nitrogen and oxygen atoms in total. The van der Waals surface area contributed by atoms with Crippen LogP contribution in [-0.4, -0.2) is 28.4 Å². The molecule has 1 N–H and O–H groups in total. The second kappa shape index (κ2) is 4.53.